The number of ether oxygens (including phenoxy) is 1. The lowest BCUT2D eigenvalue weighted by atomic mass is 10.1. The van der Waals surface area contributed by atoms with Crippen LogP contribution in [0, 0.1) is 0 Å². The van der Waals surface area contributed by atoms with Gasteiger partial charge >= 0.3 is 5.97 Å². The van der Waals surface area contributed by atoms with E-state index in [1.54, 1.807) is 49.4 Å². The van der Waals surface area contributed by atoms with E-state index in [-0.39, 0.29) is 17.2 Å². The molecule has 0 atom stereocenters. The molecular weight excluding hydrogens is 312 g/mol. The predicted octanol–water partition coefficient (Wildman–Crippen LogP) is 2.52. The molecule has 0 aliphatic rings. The second-order valence-electron chi connectivity index (χ2n) is 4.67. The molecule has 128 valence electrons. The summed E-state index contributed by atoms with van der Waals surface area (Å²) in [6.07, 6.45) is 3.60. The maximum Gasteiger partial charge on any atom is 0.331 e. The Balaban J connectivity index is 0.000000351. The highest BCUT2D eigenvalue weighted by molar-refractivity contribution is 5.71. The maximum atomic E-state index is 9.94. The maximum absolute atomic E-state index is 9.94. The van der Waals surface area contributed by atoms with Crippen molar-refractivity contribution < 1.29 is 30.0 Å². The quantitative estimate of drug-likeness (QED) is 0.506. The number of aromatic hydroxyl groups is 3. The molecule has 2 rings (SSSR count). The summed E-state index contributed by atoms with van der Waals surface area (Å²) in [7, 11) is 0. The molecule has 6 heteroatoms. The Kier molecular flexibility index (Phi) is 7.87. The largest absolute Gasteiger partial charge is 0.508 e. The Morgan fingerprint density at radius 1 is 0.917 bits per heavy atom. The summed E-state index contributed by atoms with van der Waals surface area (Å²) in [6, 6.07) is 11.1. The Labute approximate surface area is 139 Å². The van der Waals surface area contributed by atoms with Gasteiger partial charge in [-0.15, -0.1) is 0 Å². The van der Waals surface area contributed by atoms with Gasteiger partial charge in [0.2, 0.25) is 0 Å². The fraction of sp³-hybridized carbons (Fsp3) is 0.167. The molecule has 24 heavy (non-hydrogen) atoms. The van der Waals surface area contributed by atoms with E-state index in [1.807, 2.05) is 6.08 Å². The number of rotatable bonds is 4. The van der Waals surface area contributed by atoms with Gasteiger partial charge in [0.1, 0.15) is 23.9 Å². The second kappa shape index (κ2) is 9.91. The van der Waals surface area contributed by atoms with Crippen molar-refractivity contribution in [2.45, 2.75) is 6.92 Å². The predicted molar refractivity (Wildman–Crippen MR) is 90.5 cm³/mol. The number of phenols is 3. The number of phenolic OH excluding ortho intramolecular Hbond substituents is 3. The first-order chi connectivity index (χ1) is 11.4. The summed E-state index contributed by atoms with van der Waals surface area (Å²) >= 11 is 0. The molecule has 2 aromatic rings. The molecule has 0 unspecified atom stereocenters. The van der Waals surface area contributed by atoms with Crippen LogP contribution >= 0.6 is 0 Å². The Bertz CT molecular complexity index is 656. The topological polar surface area (TPSA) is 107 Å². The lowest BCUT2D eigenvalue weighted by molar-refractivity contribution is -0.146. The van der Waals surface area contributed by atoms with Crippen LogP contribution in [0.15, 0.2) is 42.5 Å². The molecule has 0 saturated carbocycles. The Morgan fingerprint density at radius 3 is 1.92 bits per heavy atom. The first-order valence-electron chi connectivity index (χ1n) is 7.21. The highest BCUT2D eigenvalue weighted by Crippen LogP contribution is 2.22. The van der Waals surface area contributed by atoms with Crippen molar-refractivity contribution in [3.8, 4) is 17.2 Å². The van der Waals surface area contributed by atoms with E-state index in [2.05, 4.69) is 4.74 Å². The van der Waals surface area contributed by atoms with Crippen molar-refractivity contribution in [2.24, 2.45) is 0 Å². The third-order valence-electron chi connectivity index (χ3n) is 2.72. The van der Waals surface area contributed by atoms with Gasteiger partial charge in [0, 0.05) is 6.07 Å². The number of benzene rings is 2. The molecule has 2 aromatic carbocycles. The molecule has 0 aliphatic heterocycles. The van der Waals surface area contributed by atoms with Gasteiger partial charge in [0.05, 0.1) is 6.61 Å². The van der Waals surface area contributed by atoms with E-state index in [9.17, 15) is 15.0 Å². The van der Waals surface area contributed by atoms with Crippen molar-refractivity contribution in [3.05, 3.63) is 53.6 Å². The van der Waals surface area contributed by atoms with Crippen molar-refractivity contribution in [3.63, 3.8) is 0 Å². The summed E-state index contributed by atoms with van der Waals surface area (Å²) in [6.45, 7) is 1.50. The Morgan fingerprint density at radius 2 is 1.46 bits per heavy atom. The van der Waals surface area contributed by atoms with Crippen LogP contribution in [0.3, 0.4) is 0 Å². The molecule has 6 nitrogen and oxygen atoms in total. The normalized spacial score (nSPS) is 10.1. The fourth-order valence-electron chi connectivity index (χ4n) is 1.70. The minimum atomic E-state index is -0.567. The highest BCUT2D eigenvalue weighted by atomic mass is 16.5. The smallest absolute Gasteiger partial charge is 0.331 e. The van der Waals surface area contributed by atoms with E-state index >= 15 is 0 Å². The number of hydrogen-bond donors (Lipinski definition) is 4. The van der Waals surface area contributed by atoms with E-state index in [0.29, 0.717) is 12.2 Å². The zero-order chi connectivity index (χ0) is 17.9. The van der Waals surface area contributed by atoms with Gasteiger partial charge in [0.15, 0.2) is 0 Å². The molecule has 0 spiro atoms. The van der Waals surface area contributed by atoms with Gasteiger partial charge < -0.3 is 25.2 Å². The summed E-state index contributed by atoms with van der Waals surface area (Å²) in [4.78, 5) is 9.94. The average molecular weight is 332 g/mol. The van der Waals surface area contributed by atoms with E-state index in [0.717, 1.165) is 5.56 Å². The van der Waals surface area contributed by atoms with E-state index in [4.69, 9.17) is 10.2 Å². The summed E-state index contributed by atoms with van der Waals surface area (Å²) in [5.74, 6) is -0.301. The van der Waals surface area contributed by atoms with Crippen molar-refractivity contribution >= 4 is 18.1 Å². The molecule has 0 aromatic heterocycles. The monoisotopic (exact) mass is 332 g/mol. The van der Waals surface area contributed by atoms with Gasteiger partial charge in [-0.25, -0.2) is 4.79 Å². The zero-order valence-corrected chi connectivity index (χ0v) is 13.2. The fourth-order valence-corrected chi connectivity index (χ4v) is 1.70. The minimum Gasteiger partial charge on any atom is -0.508 e. The van der Waals surface area contributed by atoms with Crippen LogP contribution in [-0.2, 0) is 9.53 Å². The number of carbonyl (C=O) groups is 1. The molecule has 0 fully saturated rings. The van der Waals surface area contributed by atoms with Crippen LogP contribution in [0.5, 0.6) is 17.2 Å². The standard InChI is InChI=1S/C14H12O3.C4H8O3/c15-12-5-3-10(4-6-12)1-2-11-7-13(16)9-14(17)8-11;1-2-7-4(6)3-5/h1-9,15-17H;5H,2-3H2,1H3. The summed E-state index contributed by atoms with van der Waals surface area (Å²) in [5.41, 5.74) is 1.63. The second-order valence-corrected chi connectivity index (χ2v) is 4.67. The first-order valence-corrected chi connectivity index (χ1v) is 7.21. The van der Waals surface area contributed by atoms with Gasteiger partial charge in [-0.05, 0) is 42.3 Å². The summed E-state index contributed by atoms with van der Waals surface area (Å²) < 4.78 is 4.30. The third kappa shape index (κ3) is 7.33. The van der Waals surface area contributed by atoms with Crippen LogP contribution < -0.4 is 0 Å². The molecule has 0 heterocycles. The highest BCUT2D eigenvalue weighted by Gasteiger charge is 1.96. The van der Waals surface area contributed by atoms with Crippen LogP contribution in [0.25, 0.3) is 12.2 Å². The number of aliphatic hydroxyl groups is 1. The van der Waals surface area contributed by atoms with Crippen LogP contribution in [0.2, 0.25) is 0 Å². The van der Waals surface area contributed by atoms with Crippen molar-refractivity contribution in [1.29, 1.82) is 0 Å². The third-order valence-corrected chi connectivity index (χ3v) is 2.72. The SMILES string of the molecule is CCOC(=O)CO.Oc1ccc(C=Cc2cc(O)cc(O)c2)cc1. The molecule has 0 bridgehead atoms. The van der Waals surface area contributed by atoms with Crippen molar-refractivity contribution in [2.75, 3.05) is 13.2 Å². The molecular formula is C18H20O6. The average Bonchev–Trinajstić information content (AvgIpc) is 2.54. The molecule has 0 aliphatic carbocycles. The van der Waals surface area contributed by atoms with Gasteiger partial charge in [-0.1, -0.05) is 24.3 Å². The number of hydrogen-bond acceptors (Lipinski definition) is 6. The van der Waals surface area contributed by atoms with Crippen LogP contribution in [0.1, 0.15) is 18.1 Å². The van der Waals surface area contributed by atoms with E-state index < -0.39 is 12.6 Å². The molecule has 0 saturated heterocycles. The zero-order valence-electron chi connectivity index (χ0n) is 13.2. The molecule has 0 radical (unpaired) electrons. The van der Waals surface area contributed by atoms with E-state index in [1.165, 1.54) is 6.07 Å². The summed E-state index contributed by atoms with van der Waals surface area (Å²) in [5, 5.41) is 35.7. The number of carbonyl (C=O) groups excluding carboxylic acids is 1. The van der Waals surface area contributed by atoms with Gasteiger partial charge in [-0.3, -0.25) is 0 Å². The van der Waals surface area contributed by atoms with Crippen molar-refractivity contribution in [1.82, 2.24) is 0 Å². The van der Waals surface area contributed by atoms with Gasteiger partial charge in [-0.2, -0.15) is 0 Å². The molecule has 0 amide bonds. The number of esters is 1. The molecule has 4 N–H and O–H groups in total. The van der Waals surface area contributed by atoms with Crippen LogP contribution in [0.4, 0.5) is 0 Å². The lowest BCUT2D eigenvalue weighted by Crippen LogP contribution is -2.07. The number of aliphatic hydroxyl groups excluding tert-OH is 1. The minimum absolute atomic E-state index is 0.0235. The van der Waals surface area contributed by atoms with Gasteiger partial charge in [0.25, 0.3) is 0 Å². The Hall–Kier alpha value is -2.99. The van der Waals surface area contributed by atoms with Crippen LogP contribution in [-0.4, -0.2) is 39.6 Å². The first kappa shape index (κ1) is 19.1. The lowest BCUT2D eigenvalue weighted by Gasteiger charge is -1.98.